The van der Waals surface area contributed by atoms with Crippen LogP contribution < -0.4 is 5.73 Å². The number of aromatic nitrogens is 3. The first-order valence-electron chi connectivity index (χ1n) is 6.36. The Bertz CT molecular complexity index is 824. The second-order valence-electron chi connectivity index (χ2n) is 5.07. The molecule has 3 heterocycles. The zero-order valence-electron chi connectivity index (χ0n) is 11.4. The summed E-state index contributed by atoms with van der Waals surface area (Å²) in [6.45, 7) is -1.32. The molecule has 0 radical (unpaired) electrons. The number of aliphatic hydroxyl groups is 3. The molecule has 1 fully saturated rings. The number of alkyl halides is 1. The summed E-state index contributed by atoms with van der Waals surface area (Å²) in [5.41, 5.74) is 2.32. The van der Waals surface area contributed by atoms with Gasteiger partial charge in [-0.2, -0.15) is 10.4 Å². The fourth-order valence-electron chi connectivity index (χ4n) is 2.61. The number of fused-ring (bicyclic) bond motifs is 1. The predicted octanol–water partition coefficient (Wildman–Crippen LogP) is -1.42. The first-order chi connectivity index (χ1) is 10.8. The highest BCUT2D eigenvalue weighted by Gasteiger charge is 2.65. The fourth-order valence-corrected chi connectivity index (χ4v) is 2.61. The lowest BCUT2D eigenvalue weighted by Gasteiger charge is -2.24. The normalized spacial score (nSPS) is 33.9. The van der Waals surface area contributed by atoms with Gasteiger partial charge in [0.15, 0.2) is 11.6 Å². The van der Waals surface area contributed by atoms with E-state index in [1.165, 1.54) is 6.07 Å². The topological polar surface area (TPSA) is 150 Å². The molecule has 2 aromatic rings. The average Bonchev–Trinajstić information content (AvgIpc) is 2.98. The number of anilines is 1. The number of rotatable bonds is 2. The molecule has 1 aliphatic heterocycles. The number of nitrogen functional groups attached to an aromatic ring is 1. The first kappa shape index (κ1) is 15.5. The van der Waals surface area contributed by atoms with Crippen LogP contribution in [0.3, 0.4) is 0 Å². The van der Waals surface area contributed by atoms with Gasteiger partial charge in [-0.25, -0.2) is 18.3 Å². The van der Waals surface area contributed by atoms with Gasteiger partial charge >= 0.3 is 0 Å². The van der Waals surface area contributed by atoms with Gasteiger partial charge in [0.1, 0.15) is 36.7 Å². The van der Waals surface area contributed by atoms with E-state index in [0.717, 1.165) is 16.9 Å². The highest BCUT2D eigenvalue weighted by molar-refractivity contribution is 5.67. The van der Waals surface area contributed by atoms with Crippen LogP contribution in [0, 0.1) is 17.1 Å². The fraction of sp³-hybridized carbons (Fsp3) is 0.417. The molecule has 0 spiro atoms. The Morgan fingerprint density at radius 3 is 2.74 bits per heavy atom. The summed E-state index contributed by atoms with van der Waals surface area (Å²) in [6, 6.07) is 2.28. The van der Waals surface area contributed by atoms with Gasteiger partial charge in [-0.05, 0) is 0 Å². The van der Waals surface area contributed by atoms with E-state index >= 15 is 0 Å². The number of nitrogens with two attached hydrogens (primary N) is 1. The lowest BCUT2D eigenvalue weighted by atomic mass is 9.92. The summed E-state index contributed by atoms with van der Waals surface area (Å²) in [7, 11) is 0. The summed E-state index contributed by atoms with van der Waals surface area (Å²) in [5, 5.41) is 42.0. The molecule has 0 aromatic carbocycles. The Hall–Kier alpha value is -2.39. The second-order valence-corrected chi connectivity index (χ2v) is 5.07. The summed E-state index contributed by atoms with van der Waals surface area (Å²) in [6.07, 6.45) is -3.39. The summed E-state index contributed by atoms with van der Waals surface area (Å²) >= 11 is 0. The van der Waals surface area contributed by atoms with Crippen LogP contribution in [0.2, 0.25) is 0 Å². The number of ether oxygens (including phenoxy) is 1. The molecule has 0 bridgehead atoms. The Morgan fingerprint density at radius 1 is 1.48 bits per heavy atom. The third-order valence-corrected chi connectivity index (χ3v) is 3.79. The maximum absolute atomic E-state index is 14.3. The van der Waals surface area contributed by atoms with Crippen molar-refractivity contribution in [3.05, 3.63) is 23.9 Å². The molecule has 4 atom stereocenters. The van der Waals surface area contributed by atoms with Crippen molar-refractivity contribution in [1.29, 1.82) is 5.26 Å². The Kier molecular flexibility index (Phi) is 3.24. The maximum Gasteiger partial charge on any atom is 0.263 e. The summed E-state index contributed by atoms with van der Waals surface area (Å²) in [4.78, 5) is 3.59. The molecular formula is C12H11F2N5O4. The number of hydrogen-bond acceptors (Lipinski definition) is 8. The van der Waals surface area contributed by atoms with Crippen molar-refractivity contribution in [2.45, 2.75) is 23.7 Å². The van der Waals surface area contributed by atoms with E-state index < -0.39 is 41.8 Å². The van der Waals surface area contributed by atoms with E-state index in [2.05, 4.69) is 10.1 Å². The van der Waals surface area contributed by atoms with Crippen molar-refractivity contribution in [2.24, 2.45) is 0 Å². The molecule has 11 heteroatoms. The van der Waals surface area contributed by atoms with E-state index in [1.807, 2.05) is 0 Å². The van der Waals surface area contributed by atoms with E-state index in [-0.39, 0.29) is 11.3 Å². The van der Waals surface area contributed by atoms with Gasteiger partial charge in [-0.3, -0.25) is 0 Å². The van der Waals surface area contributed by atoms with Gasteiger partial charge in [0, 0.05) is 6.07 Å². The molecule has 122 valence electrons. The number of aliphatic hydroxyl groups excluding tert-OH is 3. The smallest absolute Gasteiger partial charge is 0.263 e. The first-order valence-corrected chi connectivity index (χ1v) is 6.36. The molecule has 2 aromatic heterocycles. The molecule has 3 rings (SSSR count). The minimum atomic E-state index is -3.10. The number of hydrogen-bond donors (Lipinski definition) is 4. The van der Waals surface area contributed by atoms with E-state index in [1.54, 1.807) is 0 Å². The number of nitriles is 1. The number of nitrogens with zero attached hydrogens (tertiary/aromatic N) is 4. The van der Waals surface area contributed by atoms with Crippen molar-refractivity contribution in [2.75, 3.05) is 12.3 Å². The second kappa shape index (κ2) is 4.80. The van der Waals surface area contributed by atoms with Crippen molar-refractivity contribution in [3.8, 4) is 6.07 Å². The zero-order chi connectivity index (χ0) is 17.0. The predicted molar refractivity (Wildman–Crippen MR) is 68.7 cm³/mol. The Balaban J connectivity index is 2.29. The minimum absolute atomic E-state index is 0.251. The standard InChI is InChI=1S/C12H11F2N5O4/c13-5-1-6(19-7(5)10(16)17-4-18-19)11(2-15)8(21)9(22)12(14,3-20)23-11/h1,4,8-9,20-22H,3H2,(H2,16,17,18)/t8-,9+,11+,12-/m1/s1. The third-order valence-electron chi connectivity index (χ3n) is 3.79. The average molecular weight is 327 g/mol. The lowest BCUT2D eigenvalue weighted by molar-refractivity contribution is -0.212. The van der Waals surface area contributed by atoms with Crippen LogP contribution in [0.1, 0.15) is 5.69 Å². The molecule has 23 heavy (non-hydrogen) atoms. The van der Waals surface area contributed by atoms with Gasteiger partial charge in [0.05, 0.1) is 5.69 Å². The van der Waals surface area contributed by atoms with Crippen LogP contribution in [0.15, 0.2) is 12.4 Å². The van der Waals surface area contributed by atoms with Crippen LogP contribution >= 0.6 is 0 Å². The SMILES string of the molecule is N#C[C@@]1(c2cc(F)c3c(N)ncnn23)O[C@](F)(CO)[C@@H](O)[C@H]1O. The highest BCUT2D eigenvalue weighted by atomic mass is 19.2. The highest BCUT2D eigenvalue weighted by Crippen LogP contribution is 2.46. The van der Waals surface area contributed by atoms with Gasteiger partial charge in [-0.1, -0.05) is 0 Å². The van der Waals surface area contributed by atoms with Crippen LogP contribution in [0.25, 0.3) is 5.52 Å². The van der Waals surface area contributed by atoms with Crippen LogP contribution in [-0.4, -0.2) is 54.6 Å². The molecule has 5 N–H and O–H groups in total. The molecule has 0 amide bonds. The third kappa shape index (κ3) is 1.83. The van der Waals surface area contributed by atoms with E-state index in [0.29, 0.717) is 0 Å². The van der Waals surface area contributed by atoms with Crippen LogP contribution in [0.5, 0.6) is 0 Å². The van der Waals surface area contributed by atoms with Gasteiger partial charge in [0.2, 0.25) is 5.60 Å². The quantitative estimate of drug-likeness (QED) is 0.525. The van der Waals surface area contributed by atoms with E-state index in [9.17, 15) is 24.3 Å². The van der Waals surface area contributed by atoms with Crippen molar-refractivity contribution in [1.82, 2.24) is 14.6 Å². The Labute approximate surface area is 127 Å². The summed E-state index contributed by atoms with van der Waals surface area (Å²) < 4.78 is 34.1. The molecule has 0 saturated carbocycles. The van der Waals surface area contributed by atoms with Crippen molar-refractivity contribution < 1.29 is 28.8 Å². The maximum atomic E-state index is 14.3. The molecular weight excluding hydrogens is 316 g/mol. The van der Waals surface area contributed by atoms with Crippen LogP contribution in [0.4, 0.5) is 14.6 Å². The Morgan fingerprint density at radius 2 is 2.17 bits per heavy atom. The largest absolute Gasteiger partial charge is 0.390 e. The van der Waals surface area contributed by atoms with Crippen molar-refractivity contribution >= 4 is 11.3 Å². The molecule has 1 saturated heterocycles. The molecule has 1 aliphatic rings. The van der Waals surface area contributed by atoms with Crippen molar-refractivity contribution in [3.63, 3.8) is 0 Å². The molecule has 9 nitrogen and oxygen atoms in total. The number of halogens is 2. The van der Waals surface area contributed by atoms with Gasteiger partial charge < -0.3 is 25.8 Å². The van der Waals surface area contributed by atoms with E-state index in [4.69, 9.17) is 15.6 Å². The molecule has 0 aliphatic carbocycles. The van der Waals surface area contributed by atoms with Crippen LogP contribution in [-0.2, 0) is 10.3 Å². The summed E-state index contributed by atoms with van der Waals surface area (Å²) in [5.74, 6) is -4.29. The molecule has 0 unspecified atom stereocenters. The zero-order valence-corrected chi connectivity index (χ0v) is 11.4. The minimum Gasteiger partial charge on any atom is -0.390 e. The van der Waals surface area contributed by atoms with Gasteiger partial charge in [-0.15, -0.1) is 0 Å². The lowest BCUT2D eigenvalue weighted by Crippen LogP contribution is -2.43. The van der Waals surface area contributed by atoms with Gasteiger partial charge in [0.25, 0.3) is 5.85 Å². The monoisotopic (exact) mass is 327 g/mol.